The van der Waals surface area contributed by atoms with Gasteiger partial charge in [0.05, 0.1) is 6.54 Å². The maximum atomic E-state index is 12.1. The molecule has 1 aromatic carbocycles. The molecule has 86 valence electrons. The summed E-state index contributed by atoms with van der Waals surface area (Å²) in [5.74, 6) is 0.264. The van der Waals surface area contributed by atoms with E-state index in [1.54, 1.807) is 0 Å². The number of aryl methyl sites for hydroxylation is 1. The molecule has 1 saturated heterocycles. The lowest BCUT2D eigenvalue weighted by atomic mass is 10.0. The molecule has 1 fully saturated rings. The van der Waals surface area contributed by atoms with Crippen molar-refractivity contribution >= 4 is 5.78 Å². The quantitative estimate of drug-likeness (QED) is 0.725. The molecule has 2 nitrogen and oxygen atoms in total. The van der Waals surface area contributed by atoms with E-state index in [0.717, 1.165) is 24.2 Å². The van der Waals surface area contributed by atoms with Gasteiger partial charge in [-0.15, -0.1) is 0 Å². The van der Waals surface area contributed by atoms with Crippen LogP contribution < -0.4 is 0 Å². The highest BCUT2D eigenvalue weighted by Gasteiger charge is 2.15. The normalized spacial score (nSPS) is 17.3. The van der Waals surface area contributed by atoms with Gasteiger partial charge in [0.1, 0.15) is 0 Å². The molecule has 0 unspecified atom stereocenters. The predicted octanol–water partition coefficient (Wildman–Crippen LogP) is 2.66. The monoisotopic (exact) mass is 217 g/mol. The van der Waals surface area contributed by atoms with Crippen molar-refractivity contribution in [1.82, 2.24) is 4.90 Å². The fourth-order valence-electron chi connectivity index (χ4n) is 2.29. The minimum Gasteiger partial charge on any atom is -0.296 e. The summed E-state index contributed by atoms with van der Waals surface area (Å²) in [4.78, 5) is 14.4. The number of likely N-dealkylation sites (tertiary alicyclic amines) is 1. The molecule has 0 saturated carbocycles. The van der Waals surface area contributed by atoms with E-state index in [2.05, 4.69) is 4.90 Å². The largest absolute Gasteiger partial charge is 0.296 e. The van der Waals surface area contributed by atoms with Crippen molar-refractivity contribution in [2.75, 3.05) is 19.6 Å². The molecule has 2 rings (SSSR count). The van der Waals surface area contributed by atoms with Gasteiger partial charge in [0.2, 0.25) is 0 Å². The SMILES string of the molecule is Cc1ccccc1C(=O)CN1CCCCC1. The number of rotatable bonds is 3. The molecule has 16 heavy (non-hydrogen) atoms. The van der Waals surface area contributed by atoms with E-state index in [0.29, 0.717) is 6.54 Å². The van der Waals surface area contributed by atoms with Crippen LogP contribution >= 0.6 is 0 Å². The van der Waals surface area contributed by atoms with Gasteiger partial charge in [-0.05, 0) is 38.4 Å². The van der Waals surface area contributed by atoms with E-state index >= 15 is 0 Å². The maximum Gasteiger partial charge on any atom is 0.177 e. The first-order valence-corrected chi connectivity index (χ1v) is 6.08. The van der Waals surface area contributed by atoms with Gasteiger partial charge < -0.3 is 0 Å². The Balaban J connectivity index is 2.00. The number of benzene rings is 1. The van der Waals surface area contributed by atoms with Gasteiger partial charge in [0.25, 0.3) is 0 Å². The maximum absolute atomic E-state index is 12.1. The Morgan fingerprint density at radius 1 is 1.19 bits per heavy atom. The van der Waals surface area contributed by atoms with Gasteiger partial charge in [-0.1, -0.05) is 30.7 Å². The highest BCUT2D eigenvalue weighted by Crippen LogP contribution is 2.12. The van der Waals surface area contributed by atoms with E-state index in [4.69, 9.17) is 0 Å². The average Bonchev–Trinajstić information content (AvgIpc) is 2.31. The van der Waals surface area contributed by atoms with Crippen LogP contribution in [0.1, 0.15) is 35.2 Å². The third-order valence-corrected chi connectivity index (χ3v) is 3.26. The summed E-state index contributed by atoms with van der Waals surface area (Å²) in [6, 6.07) is 7.86. The minimum atomic E-state index is 0.264. The lowest BCUT2D eigenvalue weighted by Gasteiger charge is -2.25. The summed E-state index contributed by atoms with van der Waals surface area (Å²) in [5, 5.41) is 0. The second-order valence-electron chi connectivity index (χ2n) is 4.57. The van der Waals surface area contributed by atoms with Crippen molar-refractivity contribution in [3.05, 3.63) is 35.4 Å². The first kappa shape index (κ1) is 11.3. The first-order chi connectivity index (χ1) is 7.77. The van der Waals surface area contributed by atoms with Gasteiger partial charge in [0, 0.05) is 5.56 Å². The predicted molar refractivity (Wildman–Crippen MR) is 65.8 cm³/mol. The number of piperidine rings is 1. The summed E-state index contributed by atoms with van der Waals surface area (Å²) >= 11 is 0. The molecule has 2 heteroatoms. The molecule has 0 amide bonds. The van der Waals surface area contributed by atoms with Crippen LogP contribution in [0.25, 0.3) is 0 Å². The molecular weight excluding hydrogens is 198 g/mol. The van der Waals surface area contributed by atoms with E-state index in [1.165, 1.54) is 19.3 Å². The van der Waals surface area contributed by atoms with Gasteiger partial charge in [-0.2, -0.15) is 0 Å². The van der Waals surface area contributed by atoms with E-state index in [9.17, 15) is 4.79 Å². The summed E-state index contributed by atoms with van der Waals surface area (Å²) in [5.41, 5.74) is 1.97. The molecule has 1 aromatic rings. The zero-order valence-corrected chi connectivity index (χ0v) is 9.91. The molecule has 0 aliphatic carbocycles. The molecule has 0 aromatic heterocycles. The van der Waals surface area contributed by atoms with Gasteiger partial charge in [-0.25, -0.2) is 0 Å². The number of carbonyl (C=O) groups is 1. The third kappa shape index (κ3) is 2.70. The Morgan fingerprint density at radius 2 is 1.88 bits per heavy atom. The van der Waals surface area contributed by atoms with Crippen LogP contribution in [0.2, 0.25) is 0 Å². The minimum absolute atomic E-state index is 0.264. The highest BCUT2D eigenvalue weighted by molar-refractivity contribution is 5.98. The second kappa shape index (κ2) is 5.26. The highest BCUT2D eigenvalue weighted by atomic mass is 16.1. The van der Waals surface area contributed by atoms with Crippen LogP contribution in [0.15, 0.2) is 24.3 Å². The Hall–Kier alpha value is -1.15. The molecule has 0 radical (unpaired) electrons. The van der Waals surface area contributed by atoms with Crippen molar-refractivity contribution in [2.45, 2.75) is 26.2 Å². The zero-order valence-electron chi connectivity index (χ0n) is 9.91. The van der Waals surface area contributed by atoms with Crippen LogP contribution in [0, 0.1) is 6.92 Å². The summed E-state index contributed by atoms with van der Waals surface area (Å²) in [6.07, 6.45) is 3.79. The third-order valence-electron chi connectivity index (χ3n) is 3.26. The fraction of sp³-hybridized carbons (Fsp3) is 0.500. The molecule has 0 bridgehead atoms. The van der Waals surface area contributed by atoms with E-state index in [-0.39, 0.29) is 5.78 Å². The molecule has 0 N–H and O–H groups in total. The Labute approximate surface area is 97.3 Å². The van der Waals surface area contributed by atoms with Crippen molar-refractivity contribution in [1.29, 1.82) is 0 Å². The molecule has 1 aliphatic rings. The van der Waals surface area contributed by atoms with E-state index < -0.39 is 0 Å². The Kier molecular flexibility index (Phi) is 3.73. The molecule has 0 spiro atoms. The first-order valence-electron chi connectivity index (χ1n) is 6.08. The molecule has 1 heterocycles. The van der Waals surface area contributed by atoms with Crippen molar-refractivity contribution < 1.29 is 4.79 Å². The number of hydrogen-bond donors (Lipinski definition) is 0. The van der Waals surface area contributed by atoms with Crippen molar-refractivity contribution in [3.8, 4) is 0 Å². The van der Waals surface area contributed by atoms with E-state index in [1.807, 2.05) is 31.2 Å². The molecular formula is C14H19NO. The lowest BCUT2D eigenvalue weighted by Crippen LogP contribution is -2.34. The zero-order chi connectivity index (χ0) is 11.4. The number of ketones is 1. The van der Waals surface area contributed by atoms with Crippen LogP contribution in [0.4, 0.5) is 0 Å². The Morgan fingerprint density at radius 3 is 2.56 bits per heavy atom. The number of hydrogen-bond acceptors (Lipinski definition) is 2. The Bertz CT molecular complexity index is 367. The van der Waals surface area contributed by atoms with Crippen LogP contribution in [0.5, 0.6) is 0 Å². The molecule has 0 atom stereocenters. The van der Waals surface area contributed by atoms with Crippen LogP contribution in [-0.4, -0.2) is 30.3 Å². The molecule has 1 aliphatic heterocycles. The van der Waals surface area contributed by atoms with Gasteiger partial charge in [0.15, 0.2) is 5.78 Å². The van der Waals surface area contributed by atoms with Crippen LogP contribution in [-0.2, 0) is 0 Å². The topological polar surface area (TPSA) is 20.3 Å². The second-order valence-corrected chi connectivity index (χ2v) is 4.57. The summed E-state index contributed by atoms with van der Waals surface area (Å²) in [7, 11) is 0. The smallest absolute Gasteiger partial charge is 0.177 e. The van der Waals surface area contributed by atoms with Crippen molar-refractivity contribution in [3.63, 3.8) is 0 Å². The van der Waals surface area contributed by atoms with Crippen LogP contribution in [0.3, 0.4) is 0 Å². The number of carbonyl (C=O) groups excluding carboxylic acids is 1. The van der Waals surface area contributed by atoms with Crippen molar-refractivity contribution in [2.24, 2.45) is 0 Å². The van der Waals surface area contributed by atoms with Gasteiger partial charge >= 0.3 is 0 Å². The summed E-state index contributed by atoms with van der Waals surface area (Å²) < 4.78 is 0. The number of Topliss-reactive ketones (excluding diaryl/α,β-unsaturated/α-hetero) is 1. The van der Waals surface area contributed by atoms with Gasteiger partial charge in [-0.3, -0.25) is 9.69 Å². The summed E-state index contributed by atoms with van der Waals surface area (Å²) in [6.45, 7) is 4.75. The number of nitrogens with zero attached hydrogens (tertiary/aromatic N) is 1. The fourth-order valence-corrected chi connectivity index (χ4v) is 2.29. The average molecular weight is 217 g/mol. The standard InChI is InChI=1S/C14H19NO/c1-12-7-3-4-8-13(12)14(16)11-15-9-5-2-6-10-15/h3-4,7-8H,2,5-6,9-11H2,1H3. The lowest BCUT2D eigenvalue weighted by molar-refractivity contribution is 0.0915.